The van der Waals surface area contributed by atoms with E-state index in [0.717, 1.165) is 5.56 Å². The molecule has 0 amide bonds. The van der Waals surface area contributed by atoms with Gasteiger partial charge in [-0.2, -0.15) is 11.3 Å². The van der Waals surface area contributed by atoms with Crippen molar-refractivity contribution in [2.24, 2.45) is 7.05 Å². The molecule has 2 heterocycles. The van der Waals surface area contributed by atoms with Crippen molar-refractivity contribution in [1.82, 2.24) is 9.29 Å². The molecule has 0 fully saturated rings. The van der Waals surface area contributed by atoms with Crippen molar-refractivity contribution in [2.75, 3.05) is 0 Å². The van der Waals surface area contributed by atoms with Crippen LogP contribution in [0.5, 0.6) is 0 Å². The Labute approximate surface area is 122 Å². The van der Waals surface area contributed by atoms with Gasteiger partial charge in [0.25, 0.3) is 0 Å². The van der Waals surface area contributed by atoms with Crippen molar-refractivity contribution in [2.45, 2.75) is 30.9 Å². The van der Waals surface area contributed by atoms with Gasteiger partial charge >= 0.3 is 0 Å². The molecular formula is C13H18N2O3S2. The maximum absolute atomic E-state index is 12.2. The Morgan fingerprint density at radius 1 is 1.50 bits per heavy atom. The Bertz CT molecular complexity index is 660. The van der Waals surface area contributed by atoms with Crippen LogP contribution >= 0.6 is 11.3 Å². The number of thiophene rings is 1. The maximum Gasteiger partial charge on any atom is 0.242 e. The molecule has 5 nitrogen and oxygen atoms in total. The van der Waals surface area contributed by atoms with Crippen LogP contribution in [0, 0.1) is 0 Å². The summed E-state index contributed by atoms with van der Waals surface area (Å²) >= 11 is 1.60. The van der Waals surface area contributed by atoms with Gasteiger partial charge in [-0.15, -0.1) is 0 Å². The summed E-state index contributed by atoms with van der Waals surface area (Å²) in [5.41, 5.74) is 1.69. The number of rotatable bonds is 6. The number of aromatic nitrogens is 1. The maximum atomic E-state index is 12.2. The minimum atomic E-state index is -3.55. The highest BCUT2D eigenvalue weighted by Crippen LogP contribution is 2.15. The highest BCUT2D eigenvalue weighted by molar-refractivity contribution is 7.89. The van der Waals surface area contributed by atoms with Crippen LogP contribution in [-0.2, 0) is 30.1 Å². The van der Waals surface area contributed by atoms with Gasteiger partial charge in [0.05, 0.1) is 11.5 Å². The second-order valence-corrected chi connectivity index (χ2v) is 7.29. The van der Waals surface area contributed by atoms with E-state index in [9.17, 15) is 8.42 Å². The second-order valence-electron chi connectivity index (χ2n) is 4.79. The van der Waals surface area contributed by atoms with Crippen LogP contribution in [0.4, 0.5) is 0 Å². The quantitative estimate of drug-likeness (QED) is 0.848. The zero-order chi connectivity index (χ0) is 14.8. The lowest BCUT2D eigenvalue weighted by Gasteiger charge is -2.12. The molecule has 0 saturated heterocycles. The minimum absolute atomic E-state index is 0.182. The van der Waals surface area contributed by atoms with E-state index in [1.54, 1.807) is 23.0 Å². The van der Waals surface area contributed by atoms with Gasteiger partial charge in [0.2, 0.25) is 10.0 Å². The van der Waals surface area contributed by atoms with Crippen molar-refractivity contribution in [3.8, 4) is 0 Å². The number of nitrogens with zero attached hydrogens (tertiary/aromatic N) is 1. The topological polar surface area (TPSA) is 71.3 Å². The third-order valence-corrected chi connectivity index (χ3v) is 5.32. The molecule has 2 rings (SSSR count). The lowest BCUT2D eigenvalue weighted by Crippen LogP contribution is -2.33. The van der Waals surface area contributed by atoms with Crippen molar-refractivity contribution in [3.05, 3.63) is 40.3 Å². The summed E-state index contributed by atoms with van der Waals surface area (Å²) in [6.07, 6.45) is 2.16. The Hall–Kier alpha value is -1.15. The number of hydrogen-bond donors (Lipinski definition) is 2. The Morgan fingerprint density at radius 2 is 2.25 bits per heavy atom. The smallest absolute Gasteiger partial charge is 0.242 e. The first-order chi connectivity index (χ1) is 9.42. The van der Waals surface area contributed by atoms with Crippen LogP contribution < -0.4 is 4.72 Å². The minimum Gasteiger partial charge on any atom is -0.390 e. The number of aliphatic hydroxyl groups is 1. The summed E-state index contributed by atoms with van der Waals surface area (Å²) in [6.45, 7) is 1.65. The van der Waals surface area contributed by atoms with E-state index in [4.69, 9.17) is 5.11 Å². The lowest BCUT2D eigenvalue weighted by atomic mass is 10.1. The molecule has 0 bridgehead atoms. The van der Waals surface area contributed by atoms with Gasteiger partial charge in [-0.05, 0) is 41.8 Å². The van der Waals surface area contributed by atoms with E-state index in [1.165, 1.54) is 12.3 Å². The van der Waals surface area contributed by atoms with E-state index in [2.05, 4.69) is 4.72 Å². The van der Waals surface area contributed by atoms with Gasteiger partial charge in [-0.1, -0.05) is 0 Å². The van der Waals surface area contributed by atoms with Gasteiger partial charge in [0, 0.05) is 25.0 Å². The van der Waals surface area contributed by atoms with Gasteiger partial charge < -0.3 is 9.67 Å². The zero-order valence-electron chi connectivity index (χ0n) is 11.4. The van der Waals surface area contributed by atoms with Crippen LogP contribution in [-0.4, -0.2) is 24.1 Å². The molecule has 20 heavy (non-hydrogen) atoms. The summed E-state index contributed by atoms with van der Waals surface area (Å²) in [5.74, 6) is 0. The molecule has 1 atom stereocenters. The van der Waals surface area contributed by atoms with Gasteiger partial charge in [0.1, 0.15) is 0 Å². The molecule has 2 aromatic rings. The van der Waals surface area contributed by atoms with Crippen LogP contribution in [0.25, 0.3) is 0 Å². The molecule has 0 spiro atoms. The number of aryl methyl sites for hydroxylation is 1. The first kappa shape index (κ1) is 15.2. The van der Waals surface area contributed by atoms with Gasteiger partial charge in [-0.3, -0.25) is 0 Å². The molecule has 0 aliphatic rings. The van der Waals surface area contributed by atoms with E-state index in [-0.39, 0.29) is 17.5 Å². The average Bonchev–Trinajstić information content (AvgIpc) is 2.97. The van der Waals surface area contributed by atoms with Crippen molar-refractivity contribution in [3.63, 3.8) is 0 Å². The molecule has 7 heteroatoms. The summed E-state index contributed by atoms with van der Waals surface area (Å²) in [7, 11) is -1.85. The monoisotopic (exact) mass is 314 g/mol. The number of nitrogens with one attached hydrogen (secondary N) is 1. The second kappa shape index (κ2) is 6.09. The fourth-order valence-corrected chi connectivity index (χ4v) is 4.04. The van der Waals surface area contributed by atoms with E-state index in [1.807, 2.05) is 23.8 Å². The molecule has 110 valence electrons. The van der Waals surface area contributed by atoms with Crippen LogP contribution in [0.3, 0.4) is 0 Å². The van der Waals surface area contributed by atoms with Crippen molar-refractivity contribution >= 4 is 21.4 Å². The molecule has 0 aromatic carbocycles. The molecule has 2 aromatic heterocycles. The number of aliphatic hydroxyl groups excluding tert-OH is 1. The molecule has 0 aliphatic carbocycles. The van der Waals surface area contributed by atoms with Crippen LogP contribution in [0.15, 0.2) is 34.0 Å². The normalized spacial score (nSPS) is 13.6. The van der Waals surface area contributed by atoms with Crippen molar-refractivity contribution < 1.29 is 13.5 Å². The molecule has 2 N–H and O–H groups in total. The zero-order valence-corrected chi connectivity index (χ0v) is 13.0. The Balaban J connectivity index is 2.10. The van der Waals surface area contributed by atoms with Gasteiger partial charge in [-0.25, -0.2) is 13.1 Å². The summed E-state index contributed by atoms with van der Waals surface area (Å²) < 4.78 is 28.8. The first-order valence-corrected chi connectivity index (χ1v) is 8.64. The predicted molar refractivity (Wildman–Crippen MR) is 79.1 cm³/mol. The van der Waals surface area contributed by atoms with Crippen LogP contribution in [0.1, 0.15) is 18.2 Å². The average molecular weight is 314 g/mol. The SMILES string of the molecule is CC(Cc1ccsc1)NS(=O)(=O)c1cc(CO)n(C)c1. The molecule has 1 unspecified atom stereocenters. The lowest BCUT2D eigenvalue weighted by molar-refractivity contribution is 0.272. The first-order valence-electron chi connectivity index (χ1n) is 6.22. The van der Waals surface area contributed by atoms with Crippen LogP contribution in [0.2, 0.25) is 0 Å². The number of sulfonamides is 1. The summed E-state index contributed by atoms with van der Waals surface area (Å²) in [6, 6.07) is 3.29. The van der Waals surface area contributed by atoms with E-state index in [0.29, 0.717) is 12.1 Å². The highest BCUT2D eigenvalue weighted by atomic mass is 32.2. The Morgan fingerprint density at radius 3 is 2.80 bits per heavy atom. The molecule has 0 radical (unpaired) electrons. The summed E-state index contributed by atoms with van der Waals surface area (Å²) in [4.78, 5) is 0.182. The highest BCUT2D eigenvalue weighted by Gasteiger charge is 2.20. The fourth-order valence-electron chi connectivity index (χ4n) is 2.02. The van der Waals surface area contributed by atoms with E-state index < -0.39 is 10.0 Å². The summed E-state index contributed by atoms with van der Waals surface area (Å²) in [5, 5.41) is 13.1. The number of hydrogen-bond acceptors (Lipinski definition) is 4. The van der Waals surface area contributed by atoms with Gasteiger partial charge in [0.15, 0.2) is 0 Å². The third kappa shape index (κ3) is 3.49. The molecule has 0 saturated carbocycles. The fraction of sp³-hybridized carbons (Fsp3) is 0.385. The Kier molecular flexibility index (Phi) is 4.64. The molecular weight excluding hydrogens is 296 g/mol. The third-order valence-electron chi connectivity index (χ3n) is 3.03. The van der Waals surface area contributed by atoms with E-state index >= 15 is 0 Å². The molecule has 0 aliphatic heterocycles. The standard InChI is InChI=1S/C13H18N2O3S2/c1-10(5-11-3-4-19-9-11)14-20(17,18)13-6-12(8-16)15(2)7-13/h3-4,6-7,9-10,14,16H,5,8H2,1-2H3. The largest absolute Gasteiger partial charge is 0.390 e. The van der Waals surface area contributed by atoms with Crippen molar-refractivity contribution in [1.29, 1.82) is 0 Å². The predicted octanol–water partition coefficient (Wildman–Crippen LogP) is 1.49.